The fourth-order valence-corrected chi connectivity index (χ4v) is 2.54. The van der Waals surface area contributed by atoms with Gasteiger partial charge in [-0.05, 0) is 40.0 Å². The van der Waals surface area contributed by atoms with Crippen LogP contribution in [0.2, 0.25) is 0 Å². The van der Waals surface area contributed by atoms with Crippen LogP contribution in [0.4, 0.5) is 13.6 Å². The summed E-state index contributed by atoms with van der Waals surface area (Å²) in [6.45, 7) is 5.18. The number of amides is 1. The van der Waals surface area contributed by atoms with Gasteiger partial charge in [-0.2, -0.15) is 0 Å². The van der Waals surface area contributed by atoms with Gasteiger partial charge in [-0.25, -0.2) is 13.6 Å². The number of alkyl carbamates (subject to hydrolysis) is 1. The van der Waals surface area contributed by atoms with Crippen molar-refractivity contribution in [1.29, 1.82) is 0 Å². The van der Waals surface area contributed by atoms with Gasteiger partial charge in [0, 0.05) is 6.42 Å². The van der Waals surface area contributed by atoms with Gasteiger partial charge >= 0.3 is 6.09 Å². The molecule has 0 bridgehead atoms. The van der Waals surface area contributed by atoms with Crippen LogP contribution in [0.25, 0.3) is 0 Å². The zero-order valence-electron chi connectivity index (χ0n) is 11.0. The predicted molar refractivity (Wildman–Crippen MR) is 62.4 cm³/mol. The molecule has 4 nitrogen and oxygen atoms in total. The van der Waals surface area contributed by atoms with E-state index in [0.717, 1.165) is 6.42 Å². The van der Waals surface area contributed by atoms with E-state index in [1.807, 2.05) is 0 Å². The van der Waals surface area contributed by atoms with Crippen molar-refractivity contribution in [1.82, 2.24) is 5.32 Å². The minimum absolute atomic E-state index is 0.365. The lowest BCUT2D eigenvalue weighted by Crippen LogP contribution is -2.68. The fourth-order valence-electron chi connectivity index (χ4n) is 2.54. The number of alkyl halides is 2. The van der Waals surface area contributed by atoms with E-state index in [0.29, 0.717) is 12.8 Å². The SMILES string of the molecule is CC(C)(C)OC(=O)NC1(C2(N)CC2(F)F)CCC1. The standard InChI is InChI=1S/C12H20F2N2O2/c1-9(2,3)18-8(17)16-10(5-4-6-10)11(15)7-12(11,13)14/h4-7,15H2,1-3H3,(H,16,17). The van der Waals surface area contributed by atoms with E-state index >= 15 is 0 Å². The highest BCUT2D eigenvalue weighted by atomic mass is 19.3. The Kier molecular flexibility index (Phi) is 2.67. The van der Waals surface area contributed by atoms with E-state index in [1.165, 1.54) is 0 Å². The van der Waals surface area contributed by atoms with Gasteiger partial charge in [-0.1, -0.05) is 0 Å². The van der Waals surface area contributed by atoms with Crippen LogP contribution < -0.4 is 11.1 Å². The lowest BCUT2D eigenvalue weighted by atomic mass is 9.69. The van der Waals surface area contributed by atoms with Crippen molar-refractivity contribution in [3.8, 4) is 0 Å². The summed E-state index contributed by atoms with van der Waals surface area (Å²) in [6, 6.07) is 0. The molecule has 2 saturated carbocycles. The summed E-state index contributed by atoms with van der Waals surface area (Å²) in [7, 11) is 0. The first-order valence-corrected chi connectivity index (χ1v) is 6.19. The van der Waals surface area contributed by atoms with Gasteiger partial charge in [0.1, 0.15) is 11.1 Å². The third kappa shape index (κ3) is 1.96. The molecule has 1 unspecified atom stereocenters. The van der Waals surface area contributed by atoms with E-state index < -0.39 is 28.7 Å². The van der Waals surface area contributed by atoms with E-state index in [-0.39, 0.29) is 6.42 Å². The molecule has 0 radical (unpaired) electrons. The number of carbonyl (C=O) groups is 1. The zero-order valence-corrected chi connectivity index (χ0v) is 11.0. The van der Waals surface area contributed by atoms with Gasteiger partial charge in [0.15, 0.2) is 0 Å². The minimum atomic E-state index is -2.89. The Labute approximate surface area is 105 Å². The van der Waals surface area contributed by atoms with Gasteiger partial charge in [0.05, 0.1) is 5.54 Å². The van der Waals surface area contributed by atoms with Gasteiger partial charge in [0.25, 0.3) is 5.92 Å². The first-order valence-electron chi connectivity index (χ1n) is 6.19. The van der Waals surface area contributed by atoms with Gasteiger partial charge in [-0.3, -0.25) is 0 Å². The molecule has 0 aliphatic heterocycles. The average molecular weight is 262 g/mol. The number of ether oxygens (including phenoxy) is 1. The highest BCUT2D eigenvalue weighted by Crippen LogP contribution is 2.61. The Morgan fingerprint density at radius 3 is 2.11 bits per heavy atom. The number of nitrogens with two attached hydrogens (primary N) is 1. The molecule has 1 amide bonds. The highest BCUT2D eigenvalue weighted by Gasteiger charge is 2.79. The Balaban J connectivity index is 2.05. The van der Waals surface area contributed by atoms with Gasteiger partial charge in [-0.15, -0.1) is 0 Å². The summed E-state index contributed by atoms with van der Waals surface area (Å²) in [5, 5.41) is 2.58. The molecule has 6 heteroatoms. The van der Waals surface area contributed by atoms with Crippen molar-refractivity contribution in [3.05, 3.63) is 0 Å². The topological polar surface area (TPSA) is 64.3 Å². The monoisotopic (exact) mass is 262 g/mol. The van der Waals surface area contributed by atoms with Crippen LogP contribution in [0.5, 0.6) is 0 Å². The Morgan fingerprint density at radius 2 is 1.83 bits per heavy atom. The Hall–Kier alpha value is -0.910. The molecule has 0 spiro atoms. The maximum absolute atomic E-state index is 13.4. The van der Waals surface area contributed by atoms with Crippen LogP contribution in [0, 0.1) is 0 Å². The quantitative estimate of drug-likeness (QED) is 0.801. The average Bonchev–Trinajstić information content (AvgIpc) is 2.56. The van der Waals surface area contributed by atoms with E-state index in [1.54, 1.807) is 20.8 Å². The van der Waals surface area contributed by atoms with Crippen molar-refractivity contribution in [2.24, 2.45) is 5.73 Å². The molecule has 0 aromatic heterocycles. The first kappa shape index (κ1) is 13.5. The Bertz CT molecular complexity index is 375. The van der Waals surface area contributed by atoms with Crippen LogP contribution in [0.1, 0.15) is 46.5 Å². The molecule has 2 aliphatic rings. The van der Waals surface area contributed by atoms with Crippen molar-refractivity contribution in [3.63, 3.8) is 0 Å². The number of halogens is 2. The largest absolute Gasteiger partial charge is 0.444 e. The number of nitrogens with one attached hydrogen (secondary N) is 1. The number of rotatable bonds is 2. The molecule has 104 valence electrons. The van der Waals surface area contributed by atoms with E-state index in [9.17, 15) is 13.6 Å². The van der Waals surface area contributed by atoms with Crippen LogP contribution in [-0.2, 0) is 4.74 Å². The van der Waals surface area contributed by atoms with E-state index in [2.05, 4.69) is 5.32 Å². The summed E-state index contributed by atoms with van der Waals surface area (Å²) < 4.78 is 31.8. The molecule has 0 heterocycles. The maximum atomic E-state index is 13.4. The molecule has 18 heavy (non-hydrogen) atoms. The second kappa shape index (κ2) is 3.56. The molecule has 0 saturated heterocycles. The molecule has 0 aromatic carbocycles. The summed E-state index contributed by atoms with van der Waals surface area (Å²) in [6.07, 6.45) is 0.729. The lowest BCUT2D eigenvalue weighted by Gasteiger charge is -2.47. The van der Waals surface area contributed by atoms with Crippen LogP contribution >= 0.6 is 0 Å². The van der Waals surface area contributed by atoms with Crippen molar-refractivity contribution in [2.75, 3.05) is 0 Å². The molecule has 0 aromatic rings. The molecular formula is C12H20F2N2O2. The fraction of sp³-hybridized carbons (Fsp3) is 0.917. The van der Waals surface area contributed by atoms with Gasteiger partial charge in [0.2, 0.25) is 0 Å². The van der Waals surface area contributed by atoms with Crippen molar-refractivity contribution >= 4 is 6.09 Å². The first-order chi connectivity index (χ1) is 8.02. The number of hydrogen-bond acceptors (Lipinski definition) is 3. The molecular weight excluding hydrogens is 242 g/mol. The molecule has 2 rings (SSSR count). The summed E-state index contributed by atoms with van der Waals surface area (Å²) >= 11 is 0. The summed E-state index contributed by atoms with van der Waals surface area (Å²) in [5.74, 6) is -2.89. The van der Waals surface area contributed by atoms with E-state index in [4.69, 9.17) is 10.5 Å². The van der Waals surface area contributed by atoms with Crippen LogP contribution in [0.15, 0.2) is 0 Å². The number of hydrogen-bond donors (Lipinski definition) is 2. The van der Waals surface area contributed by atoms with Crippen molar-refractivity contribution in [2.45, 2.75) is 69.1 Å². The highest BCUT2D eigenvalue weighted by molar-refractivity contribution is 5.70. The molecule has 3 N–H and O–H groups in total. The van der Waals surface area contributed by atoms with Gasteiger partial charge < -0.3 is 15.8 Å². The molecule has 2 fully saturated rings. The molecule has 1 atom stereocenters. The third-order valence-electron chi connectivity index (χ3n) is 3.83. The predicted octanol–water partition coefficient (Wildman–Crippen LogP) is 2.17. The normalized spacial score (nSPS) is 32.3. The second-order valence-electron chi connectivity index (χ2n) is 6.42. The zero-order chi connectivity index (χ0) is 13.8. The minimum Gasteiger partial charge on any atom is -0.444 e. The smallest absolute Gasteiger partial charge is 0.408 e. The Morgan fingerprint density at radius 1 is 1.33 bits per heavy atom. The maximum Gasteiger partial charge on any atom is 0.408 e. The second-order valence-corrected chi connectivity index (χ2v) is 6.42. The van der Waals surface area contributed by atoms with Crippen molar-refractivity contribution < 1.29 is 18.3 Å². The lowest BCUT2D eigenvalue weighted by molar-refractivity contribution is 0.00715. The third-order valence-corrected chi connectivity index (χ3v) is 3.83. The van der Waals surface area contributed by atoms with Crippen LogP contribution in [-0.4, -0.2) is 28.7 Å². The number of carbonyl (C=O) groups excluding carboxylic acids is 1. The molecule has 2 aliphatic carbocycles. The summed E-state index contributed by atoms with van der Waals surface area (Å²) in [4.78, 5) is 11.7. The summed E-state index contributed by atoms with van der Waals surface area (Å²) in [5.41, 5.74) is 2.50. The van der Waals surface area contributed by atoms with Crippen LogP contribution in [0.3, 0.4) is 0 Å².